The normalized spacial score (nSPS) is 16.6. The van der Waals surface area contributed by atoms with Gasteiger partial charge in [0.1, 0.15) is 5.69 Å². The largest absolute Gasteiger partial charge is 0.478 e. The highest BCUT2D eigenvalue weighted by atomic mass is 16.7. The van der Waals surface area contributed by atoms with Crippen molar-refractivity contribution in [3.8, 4) is 0 Å². The van der Waals surface area contributed by atoms with E-state index in [-0.39, 0.29) is 11.3 Å². The lowest BCUT2D eigenvalue weighted by Gasteiger charge is -2.48. The smallest absolute Gasteiger partial charge is 0.335 e. The molecule has 0 aromatic heterocycles. The average Bonchev–Trinajstić information content (AvgIpc) is 2.38. The molecule has 2 rings (SSSR count). The van der Waals surface area contributed by atoms with Gasteiger partial charge < -0.3 is 19.5 Å². The van der Waals surface area contributed by atoms with Gasteiger partial charge in [0.05, 0.1) is 23.6 Å². The zero-order valence-corrected chi connectivity index (χ0v) is 11.0. The Morgan fingerprint density at radius 2 is 2.00 bits per heavy atom. The average molecular weight is 282 g/mol. The highest BCUT2D eigenvalue weighted by Gasteiger charge is 2.45. The Balaban J connectivity index is 2.30. The molecule has 108 valence electrons. The summed E-state index contributed by atoms with van der Waals surface area (Å²) in [6.07, 6.45) is 0. The zero-order valence-electron chi connectivity index (χ0n) is 11.0. The van der Waals surface area contributed by atoms with Gasteiger partial charge in [-0.2, -0.15) is 0 Å². The predicted molar refractivity (Wildman–Crippen MR) is 69.0 cm³/mol. The maximum Gasteiger partial charge on any atom is 0.335 e. The molecule has 1 aliphatic rings. The van der Waals surface area contributed by atoms with Gasteiger partial charge in [0.25, 0.3) is 5.69 Å². The van der Waals surface area contributed by atoms with Crippen LogP contribution in [0.2, 0.25) is 0 Å². The molecule has 8 nitrogen and oxygen atoms in total. The molecule has 0 spiro atoms. The second kappa shape index (κ2) is 5.06. The molecule has 1 heterocycles. The van der Waals surface area contributed by atoms with E-state index >= 15 is 0 Å². The molecule has 1 N–H and O–H groups in total. The molecule has 0 bridgehead atoms. The van der Waals surface area contributed by atoms with Gasteiger partial charge in [-0.1, -0.05) is 0 Å². The fraction of sp³-hybridized carbons (Fsp3) is 0.417. The third-order valence-corrected chi connectivity index (χ3v) is 3.37. The van der Waals surface area contributed by atoms with Crippen LogP contribution in [-0.4, -0.2) is 49.1 Å². The van der Waals surface area contributed by atoms with Crippen molar-refractivity contribution in [1.82, 2.24) is 0 Å². The van der Waals surface area contributed by atoms with Crippen molar-refractivity contribution in [3.63, 3.8) is 0 Å². The van der Waals surface area contributed by atoms with Crippen LogP contribution in [0.25, 0.3) is 0 Å². The molecule has 1 aliphatic heterocycles. The minimum absolute atomic E-state index is 0.120. The van der Waals surface area contributed by atoms with E-state index < -0.39 is 16.7 Å². The molecule has 20 heavy (non-hydrogen) atoms. The second-order valence-corrected chi connectivity index (χ2v) is 4.44. The maximum absolute atomic E-state index is 11.1. The predicted octanol–water partition coefficient (Wildman–Crippen LogP) is 1.10. The van der Waals surface area contributed by atoms with Gasteiger partial charge in [-0.3, -0.25) is 10.1 Å². The first kappa shape index (κ1) is 14.2. The van der Waals surface area contributed by atoms with Gasteiger partial charge in [-0.05, 0) is 12.1 Å². The molecular formula is C12H14N2O6. The summed E-state index contributed by atoms with van der Waals surface area (Å²) < 4.78 is 10.4. The summed E-state index contributed by atoms with van der Waals surface area (Å²) in [6.45, 7) is 0.681. The Hall–Kier alpha value is -2.19. The van der Waals surface area contributed by atoms with Gasteiger partial charge >= 0.3 is 5.97 Å². The third-order valence-electron chi connectivity index (χ3n) is 3.37. The zero-order chi connectivity index (χ0) is 14.9. The van der Waals surface area contributed by atoms with Crippen LogP contribution in [0.1, 0.15) is 10.4 Å². The lowest BCUT2D eigenvalue weighted by Crippen LogP contribution is -2.64. The van der Waals surface area contributed by atoms with Crippen molar-refractivity contribution in [2.24, 2.45) is 0 Å². The van der Waals surface area contributed by atoms with E-state index in [1.54, 1.807) is 4.90 Å². The lowest BCUT2D eigenvalue weighted by atomic mass is 10.0. The quantitative estimate of drug-likeness (QED) is 0.490. The summed E-state index contributed by atoms with van der Waals surface area (Å²) in [7, 11) is 3.01. The number of nitro groups is 1. The molecule has 8 heteroatoms. The fourth-order valence-corrected chi connectivity index (χ4v) is 2.12. The van der Waals surface area contributed by atoms with Crippen molar-refractivity contribution in [1.29, 1.82) is 0 Å². The number of aromatic carboxylic acids is 1. The van der Waals surface area contributed by atoms with Gasteiger partial charge in [0.15, 0.2) is 0 Å². The van der Waals surface area contributed by atoms with Gasteiger partial charge in [-0.15, -0.1) is 0 Å². The van der Waals surface area contributed by atoms with Crippen LogP contribution in [0.15, 0.2) is 18.2 Å². The van der Waals surface area contributed by atoms with Crippen molar-refractivity contribution in [2.45, 2.75) is 5.79 Å². The van der Waals surface area contributed by atoms with E-state index in [0.717, 1.165) is 6.07 Å². The molecule has 0 amide bonds. The SMILES string of the molecule is COC1(OC)CN(c2ccc(C(=O)O)cc2[N+](=O)[O-])C1. The second-order valence-electron chi connectivity index (χ2n) is 4.44. The van der Waals surface area contributed by atoms with Gasteiger partial charge in [0.2, 0.25) is 5.79 Å². The Morgan fingerprint density at radius 1 is 1.40 bits per heavy atom. The Morgan fingerprint density at radius 3 is 2.45 bits per heavy atom. The number of carbonyl (C=O) groups is 1. The monoisotopic (exact) mass is 282 g/mol. The number of hydrogen-bond donors (Lipinski definition) is 1. The Labute approximate surface area is 114 Å². The molecule has 0 radical (unpaired) electrons. The highest BCUT2D eigenvalue weighted by Crippen LogP contribution is 2.36. The van der Waals surface area contributed by atoms with Crippen molar-refractivity contribution < 1.29 is 24.3 Å². The number of rotatable bonds is 5. The third kappa shape index (κ3) is 2.30. The van der Waals surface area contributed by atoms with E-state index in [1.165, 1.54) is 26.4 Å². The number of carboxylic acids is 1. The van der Waals surface area contributed by atoms with E-state index in [4.69, 9.17) is 14.6 Å². The molecule has 1 saturated heterocycles. The summed E-state index contributed by atoms with van der Waals surface area (Å²) >= 11 is 0. The number of nitro benzene ring substituents is 1. The molecular weight excluding hydrogens is 268 g/mol. The number of ether oxygens (including phenoxy) is 2. The molecule has 0 aliphatic carbocycles. The van der Waals surface area contributed by atoms with Crippen molar-refractivity contribution in [2.75, 3.05) is 32.2 Å². The topological polar surface area (TPSA) is 102 Å². The summed E-state index contributed by atoms with van der Waals surface area (Å²) in [6, 6.07) is 3.82. The van der Waals surface area contributed by atoms with Crippen LogP contribution in [0.4, 0.5) is 11.4 Å². The standard InChI is InChI=1S/C12H14N2O6/c1-19-12(20-2)6-13(7-12)9-4-3-8(11(15)16)5-10(9)14(17)18/h3-5H,6-7H2,1-2H3,(H,15,16). The van der Waals surface area contributed by atoms with Gasteiger partial charge in [0, 0.05) is 20.3 Å². The van der Waals surface area contributed by atoms with Crippen LogP contribution < -0.4 is 4.90 Å². The number of nitrogens with zero attached hydrogens (tertiary/aromatic N) is 2. The number of carboxylic acid groups (broad SMARTS) is 1. The summed E-state index contributed by atoms with van der Waals surface area (Å²) in [5, 5.41) is 19.9. The van der Waals surface area contributed by atoms with Crippen LogP contribution in [0, 0.1) is 10.1 Å². The van der Waals surface area contributed by atoms with Gasteiger partial charge in [-0.25, -0.2) is 4.79 Å². The maximum atomic E-state index is 11.1. The van der Waals surface area contributed by atoms with Crippen molar-refractivity contribution >= 4 is 17.3 Å². The summed E-state index contributed by atoms with van der Waals surface area (Å²) in [5.74, 6) is -1.97. The minimum Gasteiger partial charge on any atom is -0.478 e. The van der Waals surface area contributed by atoms with Crippen LogP contribution >= 0.6 is 0 Å². The van der Waals surface area contributed by atoms with Crippen molar-refractivity contribution in [3.05, 3.63) is 33.9 Å². The number of hydrogen-bond acceptors (Lipinski definition) is 6. The summed E-state index contributed by atoms with van der Waals surface area (Å²) in [5.41, 5.74) is -0.0128. The number of methoxy groups -OCH3 is 2. The van der Waals surface area contributed by atoms with E-state index in [2.05, 4.69) is 0 Å². The van der Waals surface area contributed by atoms with E-state index in [9.17, 15) is 14.9 Å². The molecule has 0 atom stereocenters. The van der Waals surface area contributed by atoms with E-state index in [0.29, 0.717) is 18.8 Å². The molecule has 1 aromatic carbocycles. The highest BCUT2D eigenvalue weighted by molar-refractivity contribution is 5.90. The molecule has 0 saturated carbocycles. The minimum atomic E-state index is -1.20. The number of anilines is 1. The number of benzene rings is 1. The molecule has 1 fully saturated rings. The molecule has 1 aromatic rings. The first-order valence-electron chi connectivity index (χ1n) is 5.79. The van der Waals surface area contributed by atoms with Crippen LogP contribution in [-0.2, 0) is 9.47 Å². The first-order chi connectivity index (χ1) is 9.42. The molecule has 0 unspecified atom stereocenters. The lowest BCUT2D eigenvalue weighted by molar-refractivity contribution is -0.384. The van der Waals surface area contributed by atoms with Crippen LogP contribution in [0.5, 0.6) is 0 Å². The van der Waals surface area contributed by atoms with E-state index in [1.807, 2.05) is 0 Å². The Kier molecular flexibility index (Phi) is 3.60. The Bertz CT molecular complexity index is 547. The first-order valence-corrected chi connectivity index (χ1v) is 5.79. The van der Waals surface area contributed by atoms with Crippen LogP contribution in [0.3, 0.4) is 0 Å². The fourth-order valence-electron chi connectivity index (χ4n) is 2.12. The summed E-state index contributed by atoms with van der Waals surface area (Å²) in [4.78, 5) is 23.0.